The second-order valence-corrected chi connectivity index (χ2v) is 6.22. The number of benzene rings is 2. The third-order valence-electron chi connectivity index (χ3n) is 3.16. The quantitative estimate of drug-likeness (QED) is 0.456. The number of nitrogens with one attached hydrogen (secondary N) is 2. The zero-order valence-corrected chi connectivity index (χ0v) is 13.6. The molecule has 0 saturated carbocycles. The number of aromatic nitrogens is 1. The number of aromatic amines is 1. The van der Waals surface area contributed by atoms with Gasteiger partial charge in [-0.25, -0.2) is 8.78 Å². The Morgan fingerprint density at radius 3 is 2.65 bits per heavy atom. The smallest absolute Gasteiger partial charge is 0.148 e. The summed E-state index contributed by atoms with van der Waals surface area (Å²) in [6.45, 7) is 0. The third-order valence-corrected chi connectivity index (χ3v) is 4.64. The van der Waals surface area contributed by atoms with Crippen molar-refractivity contribution in [1.82, 2.24) is 4.98 Å². The van der Waals surface area contributed by atoms with E-state index in [9.17, 15) is 8.78 Å². The number of halogens is 4. The Bertz CT molecular complexity index is 950. The molecule has 1 aromatic heterocycles. The van der Waals surface area contributed by atoms with E-state index in [4.69, 9.17) is 28.5 Å². The molecule has 0 amide bonds. The SMILES string of the molecule is N#Cc1c(Cl)ccc2c(SNc3cc(F)c(Cl)cc3F)c[nH]c12. The molecule has 8 heteroatoms. The number of H-pyrrole nitrogens is 1. The number of rotatable bonds is 3. The second-order valence-electron chi connectivity index (χ2n) is 4.56. The van der Waals surface area contributed by atoms with Crippen LogP contribution in [0.3, 0.4) is 0 Å². The molecule has 0 radical (unpaired) electrons. The maximum atomic E-state index is 13.7. The number of hydrogen-bond acceptors (Lipinski definition) is 3. The van der Waals surface area contributed by atoms with Crippen LogP contribution in [0.25, 0.3) is 10.9 Å². The first-order chi connectivity index (χ1) is 11.0. The molecule has 0 bridgehead atoms. The van der Waals surface area contributed by atoms with Gasteiger partial charge in [-0.15, -0.1) is 0 Å². The normalized spacial score (nSPS) is 10.7. The van der Waals surface area contributed by atoms with E-state index in [1.807, 2.05) is 6.07 Å². The van der Waals surface area contributed by atoms with Crippen molar-refractivity contribution in [3.8, 4) is 6.07 Å². The van der Waals surface area contributed by atoms with Crippen molar-refractivity contribution in [1.29, 1.82) is 5.26 Å². The van der Waals surface area contributed by atoms with Gasteiger partial charge in [0.1, 0.15) is 17.7 Å². The lowest BCUT2D eigenvalue weighted by molar-refractivity contribution is 0.604. The molecule has 2 aromatic carbocycles. The minimum atomic E-state index is -0.714. The summed E-state index contributed by atoms with van der Waals surface area (Å²) >= 11 is 12.6. The number of nitriles is 1. The van der Waals surface area contributed by atoms with Crippen molar-refractivity contribution < 1.29 is 8.78 Å². The maximum absolute atomic E-state index is 13.7. The monoisotopic (exact) mass is 369 g/mol. The molecule has 0 aliphatic carbocycles. The van der Waals surface area contributed by atoms with Gasteiger partial charge in [0.2, 0.25) is 0 Å². The van der Waals surface area contributed by atoms with Crippen LogP contribution in [-0.4, -0.2) is 4.98 Å². The van der Waals surface area contributed by atoms with E-state index >= 15 is 0 Å². The molecule has 0 aliphatic rings. The van der Waals surface area contributed by atoms with E-state index in [1.54, 1.807) is 18.3 Å². The van der Waals surface area contributed by atoms with Crippen molar-refractivity contribution in [3.05, 3.63) is 57.7 Å². The lowest BCUT2D eigenvalue weighted by Crippen LogP contribution is -1.92. The summed E-state index contributed by atoms with van der Waals surface area (Å²) in [5.41, 5.74) is 0.896. The summed E-state index contributed by atoms with van der Waals surface area (Å²) in [7, 11) is 0. The average molecular weight is 370 g/mol. The highest BCUT2D eigenvalue weighted by Crippen LogP contribution is 2.34. The van der Waals surface area contributed by atoms with Crippen LogP contribution < -0.4 is 4.72 Å². The van der Waals surface area contributed by atoms with Gasteiger partial charge < -0.3 is 9.71 Å². The van der Waals surface area contributed by atoms with Crippen molar-refractivity contribution in [2.75, 3.05) is 4.72 Å². The largest absolute Gasteiger partial charge is 0.359 e. The molecule has 0 fully saturated rings. The molecule has 116 valence electrons. The summed E-state index contributed by atoms with van der Waals surface area (Å²) in [5.74, 6) is -1.38. The molecule has 0 saturated heterocycles. The van der Waals surface area contributed by atoms with Crippen LogP contribution in [0, 0.1) is 23.0 Å². The molecular weight excluding hydrogens is 363 g/mol. The van der Waals surface area contributed by atoms with Crippen LogP contribution in [0.5, 0.6) is 0 Å². The molecule has 1 heterocycles. The van der Waals surface area contributed by atoms with E-state index in [1.165, 1.54) is 0 Å². The molecule has 0 unspecified atom stereocenters. The predicted octanol–water partition coefficient (Wildman–Crippen LogP) is 5.74. The zero-order chi connectivity index (χ0) is 16.6. The van der Waals surface area contributed by atoms with Gasteiger partial charge in [0.15, 0.2) is 0 Å². The van der Waals surface area contributed by atoms with Crippen molar-refractivity contribution in [2.45, 2.75) is 4.90 Å². The minimum Gasteiger partial charge on any atom is -0.359 e. The van der Waals surface area contributed by atoms with E-state index in [0.717, 1.165) is 29.5 Å². The molecule has 0 aliphatic heterocycles. The minimum absolute atomic E-state index is 0.0271. The fourth-order valence-electron chi connectivity index (χ4n) is 2.05. The first-order valence-electron chi connectivity index (χ1n) is 6.28. The topological polar surface area (TPSA) is 51.6 Å². The average Bonchev–Trinajstić information content (AvgIpc) is 2.92. The van der Waals surface area contributed by atoms with Gasteiger partial charge >= 0.3 is 0 Å². The Labute approximate surface area is 144 Å². The highest BCUT2D eigenvalue weighted by Gasteiger charge is 2.13. The number of hydrogen-bond donors (Lipinski definition) is 2. The summed E-state index contributed by atoms with van der Waals surface area (Å²) in [6.07, 6.45) is 1.66. The molecule has 0 atom stereocenters. The summed E-state index contributed by atoms with van der Waals surface area (Å²) in [4.78, 5) is 3.67. The highest BCUT2D eigenvalue weighted by atomic mass is 35.5. The number of anilines is 1. The van der Waals surface area contributed by atoms with Crippen LogP contribution in [0.1, 0.15) is 5.56 Å². The van der Waals surface area contributed by atoms with E-state index in [0.29, 0.717) is 21.0 Å². The van der Waals surface area contributed by atoms with Gasteiger partial charge in [0.25, 0.3) is 0 Å². The van der Waals surface area contributed by atoms with Crippen LogP contribution in [-0.2, 0) is 0 Å². The second kappa shape index (κ2) is 6.28. The lowest BCUT2D eigenvalue weighted by atomic mass is 10.1. The molecule has 2 N–H and O–H groups in total. The van der Waals surface area contributed by atoms with Gasteiger partial charge in [-0.3, -0.25) is 0 Å². The van der Waals surface area contributed by atoms with Crippen molar-refractivity contribution >= 4 is 51.7 Å². The maximum Gasteiger partial charge on any atom is 0.148 e. The van der Waals surface area contributed by atoms with E-state index < -0.39 is 11.6 Å². The van der Waals surface area contributed by atoms with Gasteiger partial charge in [0, 0.05) is 17.6 Å². The number of fused-ring (bicyclic) bond motifs is 1. The van der Waals surface area contributed by atoms with E-state index in [2.05, 4.69) is 9.71 Å². The fraction of sp³-hybridized carbons (Fsp3) is 0. The predicted molar refractivity (Wildman–Crippen MR) is 88.9 cm³/mol. The van der Waals surface area contributed by atoms with Crippen LogP contribution >= 0.6 is 35.1 Å². The summed E-state index contributed by atoms with van der Waals surface area (Å²) < 4.78 is 29.9. The fourth-order valence-corrected chi connectivity index (χ4v) is 3.18. The third kappa shape index (κ3) is 2.95. The molecule has 3 nitrogen and oxygen atoms in total. The van der Waals surface area contributed by atoms with Gasteiger partial charge in [-0.05, 0) is 24.1 Å². The Kier molecular flexibility index (Phi) is 4.35. The standard InChI is InChI=1S/C15H7Cl2F2N3S/c16-9-2-1-7-14(6-21-15(7)8(9)5-20)23-22-13-4-11(18)10(17)3-12(13)19/h1-4,6,21-22H. The Morgan fingerprint density at radius 2 is 1.91 bits per heavy atom. The summed E-state index contributed by atoms with van der Waals surface area (Å²) in [6, 6.07) is 7.28. The van der Waals surface area contributed by atoms with E-state index in [-0.39, 0.29) is 10.7 Å². The molecule has 23 heavy (non-hydrogen) atoms. The Balaban J connectivity index is 1.92. The van der Waals surface area contributed by atoms with Gasteiger partial charge in [0.05, 0.1) is 31.7 Å². The molecular formula is C15H7Cl2F2N3S. The van der Waals surface area contributed by atoms with Crippen LogP contribution in [0.2, 0.25) is 10.0 Å². The molecule has 0 spiro atoms. The molecule has 3 rings (SSSR count). The van der Waals surface area contributed by atoms with Gasteiger partial charge in [-0.1, -0.05) is 29.3 Å². The van der Waals surface area contributed by atoms with Crippen molar-refractivity contribution in [3.63, 3.8) is 0 Å². The highest BCUT2D eigenvalue weighted by molar-refractivity contribution is 8.00. The van der Waals surface area contributed by atoms with Crippen molar-refractivity contribution in [2.24, 2.45) is 0 Å². The summed E-state index contributed by atoms with van der Waals surface area (Å²) in [5, 5.41) is 9.96. The zero-order valence-electron chi connectivity index (χ0n) is 11.3. The Hall–Kier alpha value is -1.94. The lowest BCUT2D eigenvalue weighted by Gasteiger charge is -2.07. The van der Waals surface area contributed by atoms with Gasteiger partial charge in [-0.2, -0.15) is 5.26 Å². The van der Waals surface area contributed by atoms with Crippen LogP contribution in [0.4, 0.5) is 14.5 Å². The van der Waals surface area contributed by atoms with Crippen LogP contribution in [0.15, 0.2) is 35.4 Å². The first-order valence-corrected chi connectivity index (χ1v) is 7.85. The number of nitrogens with zero attached hydrogens (tertiary/aromatic N) is 1. The molecule has 3 aromatic rings. The Morgan fingerprint density at radius 1 is 1.13 bits per heavy atom. The first kappa shape index (κ1) is 15.9.